The standard InChI is InChI=1S/C12H22N2/c1-12(2)10-14(8-7-13-12)9-11-5-3-4-6-11/h3-4,11,13H,5-10H2,1-2H3. The van der Waals surface area contributed by atoms with E-state index in [1.54, 1.807) is 0 Å². The molecule has 0 spiro atoms. The minimum Gasteiger partial charge on any atom is -0.309 e. The fourth-order valence-corrected chi connectivity index (χ4v) is 2.59. The van der Waals surface area contributed by atoms with E-state index < -0.39 is 0 Å². The number of hydrogen-bond acceptors (Lipinski definition) is 2. The molecule has 2 nitrogen and oxygen atoms in total. The number of piperazine rings is 1. The minimum absolute atomic E-state index is 0.310. The maximum absolute atomic E-state index is 3.56. The van der Waals surface area contributed by atoms with E-state index in [9.17, 15) is 0 Å². The van der Waals surface area contributed by atoms with Gasteiger partial charge in [-0.2, -0.15) is 0 Å². The van der Waals surface area contributed by atoms with Gasteiger partial charge in [-0.3, -0.25) is 4.90 Å². The highest BCUT2D eigenvalue weighted by atomic mass is 15.2. The minimum atomic E-state index is 0.310. The molecule has 80 valence electrons. The van der Waals surface area contributed by atoms with Crippen molar-refractivity contribution < 1.29 is 0 Å². The van der Waals surface area contributed by atoms with Gasteiger partial charge in [0.1, 0.15) is 0 Å². The Balaban J connectivity index is 1.80. The Kier molecular flexibility index (Phi) is 2.93. The smallest absolute Gasteiger partial charge is 0.0252 e. The maximum Gasteiger partial charge on any atom is 0.0252 e. The number of nitrogens with one attached hydrogen (secondary N) is 1. The molecule has 1 fully saturated rings. The molecule has 0 saturated carbocycles. The lowest BCUT2D eigenvalue weighted by Gasteiger charge is -2.40. The van der Waals surface area contributed by atoms with Crippen LogP contribution >= 0.6 is 0 Å². The predicted octanol–water partition coefficient (Wildman–Crippen LogP) is 1.64. The van der Waals surface area contributed by atoms with E-state index in [4.69, 9.17) is 0 Å². The van der Waals surface area contributed by atoms with Gasteiger partial charge in [0.05, 0.1) is 0 Å². The quantitative estimate of drug-likeness (QED) is 0.672. The molecule has 1 saturated heterocycles. The van der Waals surface area contributed by atoms with Gasteiger partial charge in [-0.1, -0.05) is 12.2 Å². The molecule has 1 N–H and O–H groups in total. The Morgan fingerprint density at radius 2 is 2.07 bits per heavy atom. The highest BCUT2D eigenvalue weighted by Gasteiger charge is 2.26. The van der Waals surface area contributed by atoms with Crippen LogP contribution in [0, 0.1) is 5.92 Å². The van der Waals surface area contributed by atoms with Crippen LogP contribution in [0.15, 0.2) is 12.2 Å². The zero-order valence-electron chi connectivity index (χ0n) is 9.42. The van der Waals surface area contributed by atoms with Crippen molar-refractivity contribution in [3.8, 4) is 0 Å². The van der Waals surface area contributed by atoms with Gasteiger partial charge in [0.2, 0.25) is 0 Å². The summed E-state index contributed by atoms with van der Waals surface area (Å²) < 4.78 is 0. The largest absolute Gasteiger partial charge is 0.309 e. The van der Waals surface area contributed by atoms with Crippen LogP contribution in [-0.2, 0) is 0 Å². The molecule has 0 radical (unpaired) electrons. The molecule has 0 aromatic heterocycles. The normalized spacial score (nSPS) is 28.4. The summed E-state index contributed by atoms with van der Waals surface area (Å²) >= 11 is 0. The number of allylic oxidation sites excluding steroid dienone is 2. The van der Waals surface area contributed by atoms with E-state index in [0.717, 1.165) is 12.5 Å². The van der Waals surface area contributed by atoms with Crippen molar-refractivity contribution in [2.24, 2.45) is 5.92 Å². The Morgan fingerprint density at radius 3 is 2.71 bits per heavy atom. The van der Waals surface area contributed by atoms with Crippen LogP contribution in [0.1, 0.15) is 26.7 Å². The lowest BCUT2D eigenvalue weighted by molar-refractivity contribution is 0.137. The van der Waals surface area contributed by atoms with Crippen LogP contribution < -0.4 is 5.32 Å². The number of rotatable bonds is 2. The van der Waals surface area contributed by atoms with Crippen molar-refractivity contribution in [2.45, 2.75) is 32.2 Å². The van der Waals surface area contributed by atoms with Crippen molar-refractivity contribution in [1.29, 1.82) is 0 Å². The summed E-state index contributed by atoms with van der Waals surface area (Å²) in [5, 5.41) is 3.56. The van der Waals surface area contributed by atoms with Crippen LogP contribution in [0.2, 0.25) is 0 Å². The van der Waals surface area contributed by atoms with Crippen LogP contribution in [-0.4, -0.2) is 36.6 Å². The van der Waals surface area contributed by atoms with E-state index in [1.165, 1.54) is 32.5 Å². The van der Waals surface area contributed by atoms with Crippen molar-refractivity contribution in [1.82, 2.24) is 10.2 Å². The molecule has 0 aromatic carbocycles. The molecule has 0 atom stereocenters. The first-order chi connectivity index (χ1) is 6.66. The first-order valence-electron chi connectivity index (χ1n) is 5.78. The van der Waals surface area contributed by atoms with E-state index in [1.807, 2.05) is 0 Å². The molecule has 1 aliphatic heterocycles. The van der Waals surface area contributed by atoms with Crippen LogP contribution in [0.3, 0.4) is 0 Å². The second kappa shape index (κ2) is 4.03. The highest BCUT2D eigenvalue weighted by molar-refractivity contribution is 4.96. The molecule has 2 aliphatic rings. The molecule has 2 rings (SSSR count). The lowest BCUT2D eigenvalue weighted by Crippen LogP contribution is -2.57. The molecule has 1 aliphatic carbocycles. The van der Waals surface area contributed by atoms with Gasteiger partial charge in [0.25, 0.3) is 0 Å². The van der Waals surface area contributed by atoms with Gasteiger partial charge in [-0.25, -0.2) is 0 Å². The van der Waals surface area contributed by atoms with Gasteiger partial charge in [0, 0.05) is 31.7 Å². The molecule has 0 aromatic rings. The fourth-order valence-electron chi connectivity index (χ4n) is 2.59. The predicted molar refractivity (Wildman–Crippen MR) is 60.4 cm³/mol. The van der Waals surface area contributed by atoms with Crippen LogP contribution in [0.4, 0.5) is 0 Å². The van der Waals surface area contributed by atoms with Crippen molar-refractivity contribution in [3.05, 3.63) is 12.2 Å². The van der Waals surface area contributed by atoms with Gasteiger partial charge in [0.15, 0.2) is 0 Å². The van der Waals surface area contributed by atoms with Crippen molar-refractivity contribution >= 4 is 0 Å². The summed E-state index contributed by atoms with van der Waals surface area (Å²) in [5.74, 6) is 0.892. The molecule has 0 bridgehead atoms. The van der Waals surface area contributed by atoms with Crippen molar-refractivity contribution in [3.63, 3.8) is 0 Å². The van der Waals surface area contributed by atoms with Crippen LogP contribution in [0.5, 0.6) is 0 Å². The first-order valence-corrected chi connectivity index (χ1v) is 5.78. The molecule has 14 heavy (non-hydrogen) atoms. The van der Waals surface area contributed by atoms with Crippen LogP contribution in [0.25, 0.3) is 0 Å². The van der Waals surface area contributed by atoms with E-state index in [0.29, 0.717) is 5.54 Å². The summed E-state index contributed by atoms with van der Waals surface area (Å²) in [6.07, 6.45) is 7.25. The molecule has 0 unspecified atom stereocenters. The fraction of sp³-hybridized carbons (Fsp3) is 0.833. The molecular weight excluding hydrogens is 172 g/mol. The highest BCUT2D eigenvalue weighted by Crippen LogP contribution is 2.20. The SMILES string of the molecule is CC1(C)CN(CC2CC=CC2)CCN1. The zero-order valence-corrected chi connectivity index (χ0v) is 9.42. The lowest BCUT2D eigenvalue weighted by atomic mass is 10.00. The second-order valence-electron chi connectivity index (χ2n) is 5.35. The summed E-state index contributed by atoms with van der Waals surface area (Å²) in [6, 6.07) is 0. The monoisotopic (exact) mass is 194 g/mol. The topological polar surface area (TPSA) is 15.3 Å². The van der Waals surface area contributed by atoms with Gasteiger partial charge < -0.3 is 5.32 Å². The van der Waals surface area contributed by atoms with E-state index >= 15 is 0 Å². The third kappa shape index (κ3) is 2.58. The molecule has 1 heterocycles. The third-order valence-corrected chi connectivity index (χ3v) is 3.27. The Morgan fingerprint density at radius 1 is 1.36 bits per heavy atom. The molecule has 0 amide bonds. The van der Waals surface area contributed by atoms with Gasteiger partial charge >= 0.3 is 0 Å². The Labute approximate surface area is 87.4 Å². The first kappa shape index (κ1) is 10.2. The second-order valence-corrected chi connectivity index (χ2v) is 5.35. The number of nitrogens with zero attached hydrogens (tertiary/aromatic N) is 1. The van der Waals surface area contributed by atoms with Crippen molar-refractivity contribution in [2.75, 3.05) is 26.2 Å². The third-order valence-electron chi connectivity index (χ3n) is 3.27. The molecular formula is C12H22N2. The summed E-state index contributed by atoms with van der Waals surface area (Å²) in [6.45, 7) is 9.45. The summed E-state index contributed by atoms with van der Waals surface area (Å²) in [7, 11) is 0. The Bertz CT molecular complexity index is 212. The average Bonchev–Trinajstić information content (AvgIpc) is 2.54. The van der Waals surface area contributed by atoms with Gasteiger partial charge in [-0.05, 0) is 32.6 Å². The summed E-state index contributed by atoms with van der Waals surface area (Å²) in [5.41, 5.74) is 0.310. The maximum atomic E-state index is 3.56. The average molecular weight is 194 g/mol. The van der Waals surface area contributed by atoms with E-state index in [2.05, 4.69) is 36.2 Å². The Hall–Kier alpha value is -0.340. The van der Waals surface area contributed by atoms with Gasteiger partial charge in [-0.15, -0.1) is 0 Å². The summed E-state index contributed by atoms with van der Waals surface area (Å²) in [4.78, 5) is 2.62. The van der Waals surface area contributed by atoms with E-state index in [-0.39, 0.29) is 0 Å². The zero-order chi connectivity index (χ0) is 10.0. The number of hydrogen-bond donors (Lipinski definition) is 1. The molecule has 2 heteroatoms.